The third-order valence-electron chi connectivity index (χ3n) is 3.40. The minimum atomic E-state index is 0.298. The first-order valence-corrected chi connectivity index (χ1v) is 6.33. The fourth-order valence-corrected chi connectivity index (χ4v) is 2.37. The molecule has 0 saturated heterocycles. The van der Waals surface area contributed by atoms with E-state index in [-0.39, 0.29) is 0 Å². The Hall–Kier alpha value is -2.29. The third-order valence-corrected chi connectivity index (χ3v) is 3.40. The molecule has 0 aliphatic heterocycles. The number of hydrogen-bond acceptors (Lipinski definition) is 2. The molecule has 1 N–H and O–H groups in total. The molecule has 19 heavy (non-hydrogen) atoms. The van der Waals surface area contributed by atoms with Crippen LogP contribution < -0.4 is 0 Å². The Bertz CT molecular complexity index is 744. The van der Waals surface area contributed by atoms with Crippen LogP contribution in [0, 0.1) is 6.92 Å². The average molecular weight is 252 g/mol. The van der Waals surface area contributed by atoms with Crippen molar-refractivity contribution >= 4 is 11.0 Å². The molecule has 3 aromatic rings. The highest BCUT2D eigenvalue weighted by molar-refractivity contribution is 5.76. The van der Waals surface area contributed by atoms with E-state index in [1.807, 2.05) is 19.2 Å². The van der Waals surface area contributed by atoms with Gasteiger partial charge in [0.05, 0.1) is 11.0 Å². The van der Waals surface area contributed by atoms with Gasteiger partial charge in [0.1, 0.15) is 11.6 Å². The first-order chi connectivity index (χ1) is 9.13. The van der Waals surface area contributed by atoms with Crippen molar-refractivity contribution < 1.29 is 5.11 Å². The van der Waals surface area contributed by atoms with Gasteiger partial charge >= 0.3 is 0 Å². The number of aromatic nitrogens is 2. The highest BCUT2D eigenvalue weighted by atomic mass is 16.3. The van der Waals surface area contributed by atoms with Crippen molar-refractivity contribution in [2.75, 3.05) is 0 Å². The van der Waals surface area contributed by atoms with Crippen LogP contribution >= 0.6 is 0 Å². The molecule has 0 radical (unpaired) electrons. The summed E-state index contributed by atoms with van der Waals surface area (Å²) in [7, 11) is 2.03. The summed E-state index contributed by atoms with van der Waals surface area (Å²) in [5.41, 5.74) is 4.45. The lowest BCUT2D eigenvalue weighted by molar-refractivity contribution is 0.474. The van der Waals surface area contributed by atoms with Gasteiger partial charge in [-0.25, -0.2) is 4.98 Å². The molecule has 1 heterocycles. The maximum absolute atomic E-state index is 9.51. The van der Waals surface area contributed by atoms with E-state index in [4.69, 9.17) is 0 Å². The molecule has 96 valence electrons. The van der Waals surface area contributed by atoms with Gasteiger partial charge in [-0.15, -0.1) is 0 Å². The van der Waals surface area contributed by atoms with Crippen LogP contribution in [0.2, 0.25) is 0 Å². The Balaban J connectivity index is 2.03. The van der Waals surface area contributed by atoms with Gasteiger partial charge in [0.15, 0.2) is 0 Å². The first-order valence-electron chi connectivity index (χ1n) is 6.33. The molecule has 2 aromatic carbocycles. The summed E-state index contributed by atoms with van der Waals surface area (Å²) >= 11 is 0. The van der Waals surface area contributed by atoms with E-state index in [0.29, 0.717) is 5.75 Å². The van der Waals surface area contributed by atoms with E-state index >= 15 is 0 Å². The maximum Gasteiger partial charge on any atom is 0.115 e. The van der Waals surface area contributed by atoms with E-state index in [1.54, 1.807) is 12.1 Å². The Morgan fingerprint density at radius 1 is 1.16 bits per heavy atom. The molecule has 3 heteroatoms. The zero-order valence-electron chi connectivity index (χ0n) is 11.1. The standard InChI is InChI=1S/C16H16N2O/c1-11-6-7-15-14(8-11)17-16(18(15)2)10-12-4-3-5-13(19)9-12/h3-9,19H,10H2,1-2H3. The van der Waals surface area contributed by atoms with E-state index in [1.165, 1.54) is 5.56 Å². The highest BCUT2D eigenvalue weighted by Crippen LogP contribution is 2.20. The highest BCUT2D eigenvalue weighted by Gasteiger charge is 2.08. The second kappa shape index (κ2) is 4.43. The Morgan fingerprint density at radius 2 is 2.00 bits per heavy atom. The fourth-order valence-electron chi connectivity index (χ4n) is 2.37. The molecule has 0 aliphatic rings. The molecule has 0 fully saturated rings. The number of benzene rings is 2. The number of aromatic hydroxyl groups is 1. The fraction of sp³-hybridized carbons (Fsp3) is 0.188. The molecule has 0 aliphatic carbocycles. The van der Waals surface area contributed by atoms with Gasteiger partial charge in [-0.1, -0.05) is 18.2 Å². The van der Waals surface area contributed by atoms with Crippen molar-refractivity contribution in [3.8, 4) is 5.75 Å². The SMILES string of the molecule is Cc1ccc2c(c1)nc(Cc1cccc(O)c1)n2C. The minimum absolute atomic E-state index is 0.298. The summed E-state index contributed by atoms with van der Waals surface area (Å²) < 4.78 is 2.11. The smallest absolute Gasteiger partial charge is 0.115 e. The summed E-state index contributed by atoms with van der Waals surface area (Å²) in [5, 5.41) is 9.51. The zero-order chi connectivity index (χ0) is 13.4. The van der Waals surface area contributed by atoms with E-state index < -0.39 is 0 Å². The number of nitrogens with zero attached hydrogens (tertiary/aromatic N) is 2. The van der Waals surface area contributed by atoms with E-state index in [9.17, 15) is 5.11 Å². The minimum Gasteiger partial charge on any atom is -0.508 e. The molecular formula is C16H16N2O. The molecule has 0 bridgehead atoms. The number of rotatable bonds is 2. The van der Waals surface area contributed by atoms with Crippen LogP contribution in [0.5, 0.6) is 5.75 Å². The van der Waals surface area contributed by atoms with Crippen LogP contribution in [0.1, 0.15) is 17.0 Å². The molecule has 0 atom stereocenters. The van der Waals surface area contributed by atoms with Crippen molar-refractivity contribution in [1.82, 2.24) is 9.55 Å². The average Bonchev–Trinajstić information content (AvgIpc) is 2.66. The molecule has 1 aromatic heterocycles. The third kappa shape index (κ3) is 2.19. The van der Waals surface area contributed by atoms with Crippen LogP contribution in [-0.2, 0) is 13.5 Å². The second-order valence-corrected chi connectivity index (χ2v) is 4.93. The molecule has 0 unspecified atom stereocenters. The maximum atomic E-state index is 9.51. The molecule has 0 amide bonds. The van der Waals surface area contributed by atoms with Crippen LogP contribution in [0.15, 0.2) is 42.5 Å². The van der Waals surface area contributed by atoms with Crippen molar-refractivity contribution in [2.24, 2.45) is 7.05 Å². The van der Waals surface area contributed by atoms with Gasteiger partial charge in [0.2, 0.25) is 0 Å². The monoisotopic (exact) mass is 252 g/mol. The topological polar surface area (TPSA) is 38.1 Å². The lowest BCUT2D eigenvalue weighted by atomic mass is 10.1. The first kappa shape index (κ1) is 11.8. The van der Waals surface area contributed by atoms with E-state index in [2.05, 4.69) is 34.7 Å². The van der Waals surface area contributed by atoms with Crippen LogP contribution in [0.3, 0.4) is 0 Å². The van der Waals surface area contributed by atoms with Crippen LogP contribution in [0.4, 0.5) is 0 Å². The summed E-state index contributed by atoms with van der Waals surface area (Å²) in [6, 6.07) is 13.6. The number of aryl methyl sites for hydroxylation is 2. The predicted molar refractivity (Wildman–Crippen MR) is 76.4 cm³/mol. The van der Waals surface area contributed by atoms with Gasteiger partial charge in [-0.3, -0.25) is 0 Å². The van der Waals surface area contributed by atoms with Crippen LogP contribution in [-0.4, -0.2) is 14.7 Å². The van der Waals surface area contributed by atoms with Crippen molar-refractivity contribution in [2.45, 2.75) is 13.3 Å². The van der Waals surface area contributed by atoms with Crippen LogP contribution in [0.25, 0.3) is 11.0 Å². The lowest BCUT2D eigenvalue weighted by Crippen LogP contribution is -1.98. The molecule has 3 rings (SSSR count). The Labute approximate surface area is 112 Å². The second-order valence-electron chi connectivity index (χ2n) is 4.93. The normalized spacial score (nSPS) is 11.1. The number of imidazole rings is 1. The van der Waals surface area contributed by atoms with Gasteiger partial charge in [-0.2, -0.15) is 0 Å². The zero-order valence-corrected chi connectivity index (χ0v) is 11.1. The number of phenols is 1. The van der Waals surface area contributed by atoms with Gasteiger partial charge in [-0.05, 0) is 42.3 Å². The molecule has 0 spiro atoms. The summed E-state index contributed by atoms with van der Waals surface area (Å²) in [6.45, 7) is 2.07. The van der Waals surface area contributed by atoms with Gasteiger partial charge in [0.25, 0.3) is 0 Å². The van der Waals surface area contributed by atoms with Crippen molar-refractivity contribution in [1.29, 1.82) is 0 Å². The summed E-state index contributed by atoms with van der Waals surface area (Å²) in [6.07, 6.45) is 0.721. The van der Waals surface area contributed by atoms with Crippen molar-refractivity contribution in [3.05, 3.63) is 59.4 Å². The summed E-state index contributed by atoms with van der Waals surface area (Å²) in [4.78, 5) is 4.68. The lowest BCUT2D eigenvalue weighted by Gasteiger charge is -2.03. The van der Waals surface area contributed by atoms with E-state index in [0.717, 1.165) is 28.8 Å². The number of hydrogen-bond donors (Lipinski definition) is 1. The largest absolute Gasteiger partial charge is 0.508 e. The Morgan fingerprint density at radius 3 is 2.79 bits per heavy atom. The van der Waals surface area contributed by atoms with Crippen molar-refractivity contribution in [3.63, 3.8) is 0 Å². The van der Waals surface area contributed by atoms with Gasteiger partial charge < -0.3 is 9.67 Å². The summed E-state index contributed by atoms with van der Waals surface area (Å²) in [5.74, 6) is 1.30. The quantitative estimate of drug-likeness (QED) is 0.760. The number of phenolic OH excluding ortho intramolecular Hbond substituents is 1. The molecule has 3 nitrogen and oxygen atoms in total. The predicted octanol–water partition coefficient (Wildman–Crippen LogP) is 3.18. The van der Waals surface area contributed by atoms with Gasteiger partial charge in [0, 0.05) is 13.5 Å². The molecule has 0 saturated carbocycles. The Kier molecular flexibility index (Phi) is 2.75. The number of fused-ring (bicyclic) bond motifs is 1. The molecular weight excluding hydrogens is 236 g/mol.